The second-order valence-corrected chi connectivity index (χ2v) is 7.05. The zero-order valence-electron chi connectivity index (χ0n) is 17.7. The van der Waals surface area contributed by atoms with Gasteiger partial charge < -0.3 is 18.6 Å². The molecule has 0 spiro atoms. The summed E-state index contributed by atoms with van der Waals surface area (Å²) in [6, 6.07) is 19.6. The van der Waals surface area contributed by atoms with Crippen molar-refractivity contribution in [3.8, 4) is 17.6 Å². The Labute approximate surface area is 189 Å². The van der Waals surface area contributed by atoms with Crippen LogP contribution in [0.1, 0.15) is 11.1 Å². The summed E-state index contributed by atoms with van der Waals surface area (Å²) in [5.74, 6) is 0.302. The molecule has 0 fully saturated rings. The van der Waals surface area contributed by atoms with Gasteiger partial charge in [0.05, 0.1) is 7.11 Å². The second kappa shape index (κ2) is 9.71. The lowest BCUT2D eigenvalue weighted by molar-refractivity contribution is -0.138. The molecule has 0 radical (unpaired) electrons. The van der Waals surface area contributed by atoms with Gasteiger partial charge in [-0.25, -0.2) is 9.59 Å². The minimum absolute atomic E-state index is 0.0798. The number of ether oxygens (including phenoxy) is 3. The highest BCUT2D eigenvalue weighted by Gasteiger charge is 2.11. The summed E-state index contributed by atoms with van der Waals surface area (Å²) in [6.07, 6.45) is 2.86. The Bertz CT molecular complexity index is 1460. The van der Waals surface area contributed by atoms with E-state index in [1.54, 1.807) is 30.3 Å². The number of nitrogens with zero attached hydrogens (tertiary/aromatic N) is 1. The summed E-state index contributed by atoms with van der Waals surface area (Å²) in [5, 5.41) is 11.3. The van der Waals surface area contributed by atoms with Gasteiger partial charge in [-0.15, -0.1) is 0 Å². The molecule has 4 rings (SSSR count). The lowest BCUT2D eigenvalue weighted by Gasteiger charge is -2.09. The van der Waals surface area contributed by atoms with Crippen LogP contribution in [0.3, 0.4) is 0 Å². The van der Waals surface area contributed by atoms with Crippen molar-refractivity contribution in [3.63, 3.8) is 0 Å². The van der Waals surface area contributed by atoms with Crippen LogP contribution >= 0.6 is 0 Å². The van der Waals surface area contributed by atoms with E-state index in [4.69, 9.17) is 23.9 Å². The number of esters is 1. The largest absolute Gasteiger partial charge is 0.493 e. The maximum Gasteiger partial charge on any atom is 0.336 e. The first kappa shape index (κ1) is 21.7. The molecule has 0 saturated heterocycles. The van der Waals surface area contributed by atoms with Crippen molar-refractivity contribution in [2.75, 3.05) is 13.7 Å². The summed E-state index contributed by atoms with van der Waals surface area (Å²) < 4.78 is 21.3. The molecule has 1 aromatic heterocycles. The maximum atomic E-state index is 12.3. The first-order valence-corrected chi connectivity index (χ1v) is 10.1. The number of nitriles is 1. The van der Waals surface area contributed by atoms with Crippen LogP contribution in [0.15, 0.2) is 76.0 Å². The van der Waals surface area contributed by atoms with Gasteiger partial charge in [0.15, 0.2) is 18.1 Å². The second-order valence-electron chi connectivity index (χ2n) is 7.05. The standard InChI is InChI=1S/C26H19NO6/c1-30-23-14-17(6-9-21(23)31-13-12-27)7-11-24(28)32-16-19-15-25(29)33-22-10-8-18-4-2-3-5-20(18)26(19)22/h2-11,14-15H,13,16H2,1H3/b11-7+. The molecule has 0 atom stereocenters. The zero-order valence-corrected chi connectivity index (χ0v) is 17.7. The molecule has 164 valence electrons. The number of carbonyl (C=O) groups is 1. The van der Waals surface area contributed by atoms with Gasteiger partial charge in [0, 0.05) is 23.1 Å². The third-order valence-electron chi connectivity index (χ3n) is 4.98. The highest BCUT2D eigenvalue weighted by molar-refractivity contribution is 6.07. The number of hydrogen-bond acceptors (Lipinski definition) is 7. The molecule has 0 saturated carbocycles. The van der Waals surface area contributed by atoms with Gasteiger partial charge in [0.1, 0.15) is 18.3 Å². The lowest BCUT2D eigenvalue weighted by Crippen LogP contribution is -2.06. The Balaban J connectivity index is 1.53. The van der Waals surface area contributed by atoms with E-state index < -0.39 is 11.6 Å². The van der Waals surface area contributed by atoms with E-state index in [2.05, 4.69) is 0 Å². The normalized spacial score (nSPS) is 10.9. The molecule has 1 heterocycles. The van der Waals surface area contributed by atoms with E-state index in [0.29, 0.717) is 28.2 Å². The fourth-order valence-corrected chi connectivity index (χ4v) is 3.51. The molecule has 33 heavy (non-hydrogen) atoms. The van der Waals surface area contributed by atoms with Crippen LogP contribution in [-0.4, -0.2) is 19.7 Å². The van der Waals surface area contributed by atoms with Crippen molar-refractivity contribution in [3.05, 3.63) is 88.3 Å². The van der Waals surface area contributed by atoms with Crippen molar-refractivity contribution in [2.45, 2.75) is 6.61 Å². The first-order chi connectivity index (χ1) is 16.1. The van der Waals surface area contributed by atoms with Gasteiger partial charge in [-0.05, 0) is 40.6 Å². The number of methoxy groups -OCH3 is 1. The van der Waals surface area contributed by atoms with Crippen LogP contribution in [0, 0.1) is 11.3 Å². The smallest absolute Gasteiger partial charge is 0.336 e. The van der Waals surface area contributed by atoms with Crippen molar-refractivity contribution in [2.24, 2.45) is 0 Å². The molecule has 7 nitrogen and oxygen atoms in total. The van der Waals surface area contributed by atoms with Gasteiger partial charge in [-0.3, -0.25) is 0 Å². The van der Waals surface area contributed by atoms with E-state index in [-0.39, 0.29) is 13.2 Å². The monoisotopic (exact) mass is 441 g/mol. The molecule has 7 heteroatoms. The minimum atomic E-state index is -0.569. The van der Waals surface area contributed by atoms with Gasteiger partial charge in [-0.2, -0.15) is 5.26 Å². The van der Waals surface area contributed by atoms with E-state index in [9.17, 15) is 9.59 Å². The van der Waals surface area contributed by atoms with Crippen molar-refractivity contribution in [1.29, 1.82) is 5.26 Å². The number of hydrogen-bond donors (Lipinski definition) is 0. The summed E-state index contributed by atoms with van der Waals surface area (Å²) in [4.78, 5) is 24.3. The SMILES string of the molecule is COc1cc(/C=C/C(=O)OCc2cc(=O)oc3ccc4ccccc4c23)ccc1OCC#N. The van der Waals surface area contributed by atoms with E-state index in [1.807, 2.05) is 36.4 Å². The van der Waals surface area contributed by atoms with Crippen LogP contribution in [0.2, 0.25) is 0 Å². The molecule has 3 aromatic carbocycles. The quantitative estimate of drug-likeness (QED) is 0.179. The number of carbonyl (C=O) groups excluding carboxylic acids is 1. The highest BCUT2D eigenvalue weighted by Crippen LogP contribution is 2.29. The number of benzene rings is 3. The van der Waals surface area contributed by atoms with Crippen LogP contribution < -0.4 is 15.1 Å². The predicted molar refractivity (Wildman–Crippen MR) is 123 cm³/mol. The number of fused-ring (bicyclic) bond motifs is 3. The summed E-state index contributed by atoms with van der Waals surface area (Å²) >= 11 is 0. The molecule has 0 amide bonds. The molecular formula is C26H19NO6. The van der Waals surface area contributed by atoms with Crippen molar-refractivity contribution in [1.82, 2.24) is 0 Å². The van der Waals surface area contributed by atoms with E-state index in [0.717, 1.165) is 16.2 Å². The summed E-state index contributed by atoms with van der Waals surface area (Å²) in [7, 11) is 1.49. The average Bonchev–Trinajstić information content (AvgIpc) is 2.84. The third kappa shape index (κ3) is 4.86. The van der Waals surface area contributed by atoms with Crippen molar-refractivity contribution < 1.29 is 23.4 Å². The van der Waals surface area contributed by atoms with Gasteiger partial charge in [-0.1, -0.05) is 36.4 Å². The summed E-state index contributed by atoms with van der Waals surface area (Å²) in [6.45, 7) is -0.177. The third-order valence-corrected chi connectivity index (χ3v) is 4.98. The molecule has 0 aliphatic heterocycles. The van der Waals surface area contributed by atoms with Gasteiger partial charge in [0.2, 0.25) is 0 Å². The Morgan fingerprint density at radius 2 is 1.94 bits per heavy atom. The molecule has 0 aliphatic carbocycles. The molecule has 0 unspecified atom stereocenters. The Hall–Kier alpha value is -4.57. The van der Waals surface area contributed by atoms with E-state index >= 15 is 0 Å². The van der Waals surface area contributed by atoms with Gasteiger partial charge >= 0.3 is 11.6 Å². The van der Waals surface area contributed by atoms with Crippen LogP contribution in [0.25, 0.3) is 27.8 Å². The topological polar surface area (TPSA) is 98.8 Å². The lowest BCUT2D eigenvalue weighted by atomic mass is 10.0. The summed E-state index contributed by atoms with van der Waals surface area (Å²) in [5.41, 5.74) is 1.18. The van der Waals surface area contributed by atoms with Crippen LogP contribution in [0.5, 0.6) is 11.5 Å². The Morgan fingerprint density at radius 3 is 2.76 bits per heavy atom. The average molecular weight is 441 g/mol. The van der Waals surface area contributed by atoms with Crippen molar-refractivity contribution >= 4 is 33.8 Å². The predicted octanol–water partition coefficient (Wildman–Crippen LogP) is 4.61. The highest BCUT2D eigenvalue weighted by atomic mass is 16.5. The number of rotatable bonds is 7. The Kier molecular flexibility index (Phi) is 6.37. The van der Waals surface area contributed by atoms with Gasteiger partial charge in [0.25, 0.3) is 0 Å². The van der Waals surface area contributed by atoms with E-state index in [1.165, 1.54) is 19.3 Å². The molecule has 0 aliphatic rings. The first-order valence-electron chi connectivity index (χ1n) is 10.1. The van der Waals surface area contributed by atoms with Crippen LogP contribution in [0.4, 0.5) is 0 Å². The zero-order chi connectivity index (χ0) is 23.2. The Morgan fingerprint density at radius 1 is 1.09 bits per heavy atom. The fraction of sp³-hybridized carbons (Fsp3) is 0.115. The molecular weight excluding hydrogens is 422 g/mol. The fourth-order valence-electron chi connectivity index (χ4n) is 3.51. The molecule has 0 bridgehead atoms. The minimum Gasteiger partial charge on any atom is -0.493 e. The molecule has 4 aromatic rings. The molecule has 0 N–H and O–H groups in total. The maximum absolute atomic E-state index is 12.3. The van der Waals surface area contributed by atoms with Crippen LogP contribution in [-0.2, 0) is 16.1 Å².